The number of hydrogen-bond acceptors (Lipinski definition) is 4. The third kappa shape index (κ3) is 12.2. The van der Waals surface area contributed by atoms with E-state index in [4.69, 9.17) is 9.05 Å². The van der Waals surface area contributed by atoms with Crippen LogP contribution in [0.1, 0.15) is 158 Å². The fourth-order valence-corrected chi connectivity index (χ4v) is 12.3. The van der Waals surface area contributed by atoms with Gasteiger partial charge in [0.05, 0.1) is 5.30 Å². The minimum Gasteiger partial charge on any atom is -0.412 e. The van der Waals surface area contributed by atoms with Crippen LogP contribution in [0.25, 0.3) is 33.4 Å². The maximum absolute atomic E-state index is 16.7. The summed E-state index contributed by atoms with van der Waals surface area (Å²) < 4.78 is 45.2. The molecule has 0 aliphatic carbocycles. The molecule has 7 heteroatoms. The molecule has 7 rings (SSSR count). The van der Waals surface area contributed by atoms with Crippen molar-refractivity contribution in [1.82, 2.24) is 0 Å². The summed E-state index contributed by atoms with van der Waals surface area (Å²) in [6.45, 7) is 39.5. The monoisotopic (exact) mass is 1010 g/mol. The summed E-state index contributed by atoms with van der Waals surface area (Å²) in [5.74, 6) is 1.00. The van der Waals surface area contributed by atoms with E-state index in [9.17, 15) is 9.46 Å². The van der Waals surface area contributed by atoms with Gasteiger partial charge in [0.25, 0.3) is 7.37 Å². The van der Waals surface area contributed by atoms with E-state index < -0.39 is 15.0 Å². The van der Waals surface area contributed by atoms with Gasteiger partial charge in [-0.25, -0.2) is 4.57 Å². The van der Waals surface area contributed by atoms with E-state index in [0.29, 0.717) is 27.4 Å². The SMILES string of the molecule is CC(C)(C)c1ccc(OP(=O)(Oc2ccc(C(C)(C)C)cc2C(C)(C)C)c2ccc(-c3ccc(P(=O)(O)c4ccc(-c5ccccc5)cc4)cc3)c(-c3ccc(C(C)(C)C)cc3C(C)(C)C)c2)c(C(C)(C)C)c1. The maximum atomic E-state index is 16.7. The molecule has 0 saturated heterocycles. The lowest BCUT2D eigenvalue weighted by atomic mass is 9.76. The number of rotatable bonds is 10. The van der Waals surface area contributed by atoms with Crippen molar-refractivity contribution >= 4 is 30.9 Å². The predicted octanol–water partition coefficient (Wildman–Crippen LogP) is 17.7. The van der Waals surface area contributed by atoms with E-state index >= 15 is 4.57 Å². The number of benzene rings is 7. The van der Waals surface area contributed by atoms with Crippen molar-refractivity contribution < 1.29 is 23.1 Å². The van der Waals surface area contributed by atoms with Gasteiger partial charge in [-0.05, 0) is 137 Å². The highest BCUT2D eigenvalue weighted by molar-refractivity contribution is 7.73. The Morgan fingerprint density at radius 2 is 0.685 bits per heavy atom. The van der Waals surface area contributed by atoms with E-state index in [1.807, 2.05) is 84.9 Å². The van der Waals surface area contributed by atoms with Crippen LogP contribution in [0.15, 0.2) is 152 Å². The van der Waals surface area contributed by atoms with E-state index in [1.54, 1.807) is 24.3 Å². The Kier molecular flexibility index (Phi) is 14.9. The normalized spacial score (nSPS) is 13.9. The second-order valence-corrected chi connectivity index (χ2v) is 30.2. The summed E-state index contributed by atoms with van der Waals surface area (Å²) in [5.41, 5.74) is 10.6. The van der Waals surface area contributed by atoms with Crippen molar-refractivity contribution in [2.45, 2.75) is 157 Å². The molecular weight excluding hydrogens is 935 g/mol. The van der Waals surface area contributed by atoms with Crippen LogP contribution in [0, 0.1) is 0 Å². The van der Waals surface area contributed by atoms with Gasteiger partial charge in [-0.2, -0.15) is 0 Å². The molecule has 73 heavy (non-hydrogen) atoms. The van der Waals surface area contributed by atoms with Crippen LogP contribution in [0.5, 0.6) is 11.5 Å². The zero-order valence-corrected chi connectivity index (χ0v) is 48.7. The molecule has 0 aliphatic rings. The summed E-state index contributed by atoms with van der Waals surface area (Å²) in [5, 5.41) is 1.10. The molecule has 1 atom stereocenters. The van der Waals surface area contributed by atoms with E-state index in [2.05, 4.69) is 167 Å². The van der Waals surface area contributed by atoms with Crippen molar-refractivity contribution in [1.29, 1.82) is 0 Å². The van der Waals surface area contributed by atoms with Gasteiger partial charge in [0.2, 0.25) is 0 Å². The van der Waals surface area contributed by atoms with Crippen LogP contribution in [-0.4, -0.2) is 4.89 Å². The molecule has 0 saturated carbocycles. The zero-order chi connectivity index (χ0) is 53.9. The van der Waals surface area contributed by atoms with Crippen LogP contribution in [-0.2, 0) is 41.6 Å². The van der Waals surface area contributed by atoms with E-state index in [1.165, 1.54) is 5.56 Å². The molecule has 0 fully saturated rings. The van der Waals surface area contributed by atoms with Crippen molar-refractivity contribution in [3.05, 3.63) is 185 Å². The third-order valence-electron chi connectivity index (χ3n) is 13.9. The van der Waals surface area contributed by atoms with Gasteiger partial charge in [0.1, 0.15) is 11.5 Å². The summed E-state index contributed by atoms with van der Waals surface area (Å²) in [6, 6.07) is 49.7. The van der Waals surface area contributed by atoms with Crippen molar-refractivity contribution in [3.8, 4) is 44.9 Å². The zero-order valence-electron chi connectivity index (χ0n) is 46.9. The highest BCUT2D eigenvalue weighted by Gasteiger charge is 2.38. The lowest BCUT2D eigenvalue weighted by Crippen LogP contribution is -2.22. The van der Waals surface area contributed by atoms with Crippen molar-refractivity contribution in [3.63, 3.8) is 0 Å². The first-order chi connectivity index (χ1) is 33.6. The number of hydrogen-bond donors (Lipinski definition) is 1. The summed E-state index contributed by atoms with van der Waals surface area (Å²) in [4.78, 5) is 11.7. The molecule has 0 heterocycles. The molecule has 1 unspecified atom stereocenters. The average molecular weight is 1020 g/mol. The molecule has 7 aromatic carbocycles. The van der Waals surface area contributed by atoms with Gasteiger partial charge in [0, 0.05) is 21.7 Å². The molecule has 0 aliphatic heterocycles. The first kappa shape index (κ1) is 55.3. The van der Waals surface area contributed by atoms with Crippen LogP contribution in [0.4, 0.5) is 0 Å². The van der Waals surface area contributed by atoms with Gasteiger partial charge in [-0.1, -0.05) is 228 Å². The van der Waals surface area contributed by atoms with Crippen LogP contribution in [0.2, 0.25) is 0 Å². The minimum atomic E-state index is -4.33. The quantitative estimate of drug-likeness (QED) is 0.138. The molecule has 5 nitrogen and oxygen atoms in total. The van der Waals surface area contributed by atoms with Crippen molar-refractivity contribution in [2.75, 3.05) is 0 Å². The van der Waals surface area contributed by atoms with Gasteiger partial charge in [-0.15, -0.1) is 0 Å². The van der Waals surface area contributed by atoms with Crippen LogP contribution < -0.4 is 25.0 Å². The smallest absolute Gasteiger partial charge is 0.412 e. The van der Waals surface area contributed by atoms with E-state index in [-0.39, 0.29) is 32.5 Å². The summed E-state index contributed by atoms with van der Waals surface area (Å²) in [7, 11) is -8.29. The van der Waals surface area contributed by atoms with Gasteiger partial charge in [0.15, 0.2) is 0 Å². The lowest BCUT2D eigenvalue weighted by molar-refractivity contribution is 0.387. The Balaban J connectivity index is 1.46. The molecule has 0 aromatic heterocycles. The minimum absolute atomic E-state index is 0.114. The fourth-order valence-electron chi connectivity index (χ4n) is 9.23. The third-order valence-corrected chi connectivity index (χ3v) is 17.7. The topological polar surface area (TPSA) is 72.8 Å². The van der Waals surface area contributed by atoms with Gasteiger partial charge >= 0.3 is 7.60 Å². The molecule has 0 radical (unpaired) electrons. The Bertz CT molecular complexity index is 3130. The first-order valence-corrected chi connectivity index (χ1v) is 29.0. The Morgan fingerprint density at radius 3 is 1.10 bits per heavy atom. The molecular formula is C66H80O5P2. The molecule has 384 valence electrons. The van der Waals surface area contributed by atoms with Crippen LogP contribution >= 0.6 is 15.0 Å². The molecule has 0 spiro atoms. The second-order valence-electron chi connectivity index (χ2n) is 26.1. The fraction of sp³-hybridized carbons (Fsp3) is 0.364. The first-order valence-electron chi connectivity index (χ1n) is 25.8. The molecule has 1 N–H and O–H groups in total. The molecule has 0 amide bonds. The highest BCUT2D eigenvalue weighted by Crippen LogP contribution is 2.54. The summed E-state index contributed by atoms with van der Waals surface area (Å²) in [6.07, 6.45) is 0. The van der Waals surface area contributed by atoms with E-state index in [0.717, 1.165) is 61.2 Å². The standard InChI is InChI=1S/C66H80O5P2/c1-61(2,3)47-28-36-54(56(40-47)64(10,11)12)55-43-52(35-37-53(55)46-26-33-51(34-27-46)72(67,68)50-31-24-45(25-32-50)44-22-20-19-21-23-44)73(69,70-59-38-29-48(62(4,5)6)41-57(59)65(13,14)15)71-60-39-30-49(63(7,8)9)42-58(60)66(16,17)18/h19-43H,1-18H3,(H,67,68). The molecule has 7 aromatic rings. The lowest BCUT2D eigenvalue weighted by Gasteiger charge is -2.31. The van der Waals surface area contributed by atoms with Gasteiger partial charge < -0.3 is 13.9 Å². The Morgan fingerprint density at radius 1 is 0.329 bits per heavy atom. The van der Waals surface area contributed by atoms with Crippen molar-refractivity contribution in [2.24, 2.45) is 0 Å². The van der Waals surface area contributed by atoms with Crippen LogP contribution in [0.3, 0.4) is 0 Å². The average Bonchev–Trinajstić information content (AvgIpc) is 3.29. The van der Waals surface area contributed by atoms with Gasteiger partial charge in [-0.3, -0.25) is 4.57 Å². The largest absolute Gasteiger partial charge is 0.462 e. The highest BCUT2D eigenvalue weighted by atomic mass is 31.2. The maximum Gasteiger partial charge on any atom is 0.462 e. The molecule has 0 bridgehead atoms. The Hall–Kier alpha value is -5.44. The summed E-state index contributed by atoms with van der Waals surface area (Å²) >= 11 is 0. The Labute approximate surface area is 438 Å². The second kappa shape index (κ2) is 19.7. The predicted molar refractivity (Wildman–Crippen MR) is 312 cm³/mol.